The van der Waals surface area contributed by atoms with Crippen molar-refractivity contribution >= 4 is 16.7 Å². The number of unbranched alkanes of at least 4 members (excludes halogenated alkanes) is 1. The molecule has 2 aromatic carbocycles. The molecule has 2 N–H and O–H groups in total. The minimum Gasteiger partial charge on any atom is -0.497 e. The summed E-state index contributed by atoms with van der Waals surface area (Å²) < 4.78 is 16.3. The van der Waals surface area contributed by atoms with Crippen molar-refractivity contribution in [3.63, 3.8) is 0 Å². The van der Waals surface area contributed by atoms with E-state index >= 15 is 0 Å². The van der Waals surface area contributed by atoms with Crippen LogP contribution in [0.1, 0.15) is 25.3 Å². The average molecular weight is 388 g/mol. The number of nitrogens with one attached hydrogen (secondary N) is 2. The summed E-state index contributed by atoms with van der Waals surface area (Å²) in [6.45, 7) is 6.27. The molecule has 0 saturated heterocycles. The van der Waals surface area contributed by atoms with Gasteiger partial charge in [-0.25, -0.2) is 0 Å². The Kier molecular flexibility index (Phi) is 10.2. The Bertz CT molecular complexity index is 734. The summed E-state index contributed by atoms with van der Waals surface area (Å²) in [5.41, 5.74) is 1.20. The van der Waals surface area contributed by atoms with Crippen LogP contribution in [0.3, 0.4) is 0 Å². The van der Waals surface area contributed by atoms with E-state index in [1.54, 1.807) is 14.2 Å². The largest absolute Gasteiger partial charge is 0.497 e. The molecule has 0 radical (unpaired) electrons. The van der Waals surface area contributed by atoms with Gasteiger partial charge in [0.15, 0.2) is 5.96 Å². The molecule has 0 aromatic heterocycles. The molecule has 2 rings (SSSR count). The minimum atomic E-state index is 0.621. The summed E-state index contributed by atoms with van der Waals surface area (Å²) in [5.74, 6) is 1.63. The van der Waals surface area contributed by atoms with E-state index in [1.165, 1.54) is 16.3 Å². The first-order valence-electron chi connectivity index (χ1n) is 9.93. The Morgan fingerprint density at radius 2 is 1.68 bits per heavy atom. The van der Waals surface area contributed by atoms with Gasteiger partial charge in [0.1, 0.15) is 5.75 Å². The standard InChI is InChI=1S/C22H33N3O3/c1-4-5-11-27-13-14-28-12-10-24-22(23-2)25-17-18-6-7-20-16-21(26-3)9-8-19(20)15-18/h6-9,15-16H,4-5,10-14,17H2,1-3H3,(H2,23,24,25). The quantitative estimate of drug-likeness (QED) is 0.332. The molecule has 0 saturated carbocycles. The Labute approximate surface area is 168 Å². The predicted octanol–water partition coefficient (Wildman–Crippen LogP) is 3.35. The molecule has 2 aromatic rings. The number of methoxy groups -OCH3 is 1. The van der Waals surface area contributed by atoms with E-state index in [-0.39, 0.29) is 0 Å². The summed E-state index contributed by atoms with van der Waals surface area (Å²) in [6.07, 6.45) is 2.26. The molecular formula is C22H33N3O3. The first-order chi connectivity index (χ1) is 13.8. The number of hydrogen-bond donors (Lipinski definition) is 2. The number of nitrogens with zero attached hydrogens (tertiary/aromatic N) is 1. The van der Waals surface area contributed by atoms with Crippen LogP contribution in [0.4, 0.5) is 0 Å². The van der Waals surface area contributed by atoms with Crippen LogP contribution in [0.25, 0.3) is 10.8 Å². The SMILES string of the molecule is CCCCOCCOCCNC(=NC)NCc1ccc2cc(OC)ccc2c1. The Morgan fingerprint density at radius 3 is 2.43 bits per heavy atom. The molecule has 0 aliphatic rings. The molecule has 6 heteroatoms. The summed E-state index contributed by atoms with van der Waals surface area (Å²) in [6, 6.07) is 12.5. The average Bonchev–Trinajstić information content (AvgIpc) is 2.74. The molecule has 0 heterocycles. The fourth-order valence-corrected chi connectivity index (χ4v) is 2.73. The third-order valence-electron chi connectivity index (χ3n) is 4.35. The first kappa shape index (κ1) is 22.0. The van der Waals surface area contributed by atoms with Crippen molar-refractivity contribution in [1.29, 1.82) is 0 Å². The Hall–Kier alpha value is -2.31. The van der Waals surface area contributed by atoms with Crippen molar-refractivity contribution in [2.75, 3.05) is 47.1 Å². The van der Waals surface area contributed by atoms with Crippen molar-refractivity contribution < 1.29 is 14.2 Å². The molecule has 0 spiro atoms. The van der Waals surface area contributed by atoms with E-state index in [1.807, 2.05) is 12.1 Å². The zero-order valence-electron chi connectivity index (χ0n) is 17.3. The second kappa shape index (κ2) is 13.0. The topological polar surface area (TPSA) is 64.1 Å². The molecule has 0 fully saturated rings. The number of guanidine groups is 1. The molecule has 6 nitrogen and oxygen atoms in total. The highest BCUT2D eigenvalue weighted by Gasteiger charge is 2.01. The molecule has 0 amide bonds. The van der Waals surface area contributed by atoms with Crippen LogP contribution in [0.15, 0.2) is 41.4 Å². The summed E-state index contributed by atoms with van der Waals surface area (Å²) in [7, 11) is 3.45. The molecule has 154 valence electrons. The third kappa shape index (κ3) is 7.74. The van der Waals surface area contributed by atoms with Crippen LogP contribution < -0.4 is 15.4 Å². The van der Waals surface area contributed by atoms with Crippen LogP contribution >= 0.6 is 0 Å². The van der Waals surface area contributed by atoms with Crippen molar-refractivity contribution in [3.05, 3.63) is 42.0 Å². The van der Waals surface area contributed by atoms with E-state index < -0.39 is 0 Å². The zero-order valence-corrected chi connectivity index (χ0v) is 17.3. The molecule has 0 aliphatic heterocycles. The highest BCUT2D eigenvalue weighted by molar-refractivity contribution is 5.85. The zero-order chi connectivity index (χ0) is 20.0. The van der Waals surface area contributed by atoms with Gasteiger partial charge in [-0.05, 0) is 41.0 Å². The van der Waals surface area contributed by atoms with E-state index in [9.17, 15) is 0 Å². The lowest BCUT2D eigenvalue weighted by atomic mass is 10.1. The normalized spacial score (nSPS) is 11.6. The van der Waals surface area contributed by atoms with Gasteiger partial charge in [0, 0.05) is 26.7 Å². The first-order valence-corrected chi connectivity index (χ1v) is 9.93. The fourth-order valence-electron chi connectivity index (χ4n) is 2.73. The number of fused-ring (bicyclic) bond motifs is 1. The summed E-state index contributed by atoms with van der Waals surface area (Å²) in [4.78, 5) is 4.25. The molecular weight excluding hydrogens is 354 g/mol. The fraction of sp³-hybridized carbons (Fsp3) is 0.500. The van der Waals surface area contributed by atoms with Gasteiger partial charge in [-0.15, -0.1) is 0 Å². The highest BCUT2D eigenvalue weighted by atomic mass is 16.5. The van der Waals surface area contributed by atoms with Crippen LogP contribution in [-0.2, 0) is 16.0 Å². The third-order valence-corrected chi connectivity index (χ3v) is 4.35. The number of hydrogen-bond acceptors (Lipinski definition) is 4. The molecule has 0 atom stereocenters. The van der Waals surface area contributed by atoms with Crippen LogP contribution in [-0.4, -0.2) is 53.1 Å². The van der Waals surface area contributed by atoms with Gasteiger partial charge in [0.25, 0.3) is 0 Å². The second-order valence-electron chi connectivity index (χ2n) is 6.48. The van der Waals surface area contributed by atoms with Gasteiger partial charge in [-0.2, -0.15) is 0 Å². The van der Waals surface area contributed by atoms with Gasteiger partial charge >= 0.3 is 0 Å². The summed E-state index contributed by atoms with van der Waals surface area (Å²) in [5, 5.41) is 8.95. The number of aliphatic imine (C=N–C) groups is 1. The second-order valence-corrected chi connectivity index (χ2v) is 6.48. The predicted molar refractivity (Wildman–Crippen MR) is 115 cm³/mol. The highest BCUT2D eigenvalue weighted by Crippen LogP contribution is 2.21. The monoisotopic (exact) mass is 387 g/mol. The molecule has 28 heavy (non-hydrogen) atoms. The van der Waals surface area contributed by atoms with Crippen molar-refractivity contribution in [2.24, 2.45) is 4.99 Å². The number of benzene rings is 2. The van der Waals surface area contributed by atoms with E-state index in [2.05, 4.69) is 46.8 Å². The van der Waals surface area contributed by atoms with Gasteiger partial charge in [0.05, 0.1) is 26.9 Å². The maximum atomic E-state index is 5.56. The summed E-state index contributed by atoms with van der Waals surface area (Å²) >= 11 is 0. The van der Waals surface area contributed by atoms with Crippen molar-refractivity contribution in [3.8, 4) is 5.75 Å². The van der Waals surface area contributed by atoms with E-state index in [0.717, 1.165) is 31.2 Å². The number of ether oxygens (including phenoxy) is 3. The minimum absolute atomic E-state index is 0.621. The molecule has 0 unspecified atom stereocenters. The van der Waals surface area contributed by atoms with E-state index in [4.69, 9.17) is 14.2 Å². The van der Waals surface area contributed by atoms with Crippen LogP contribution in [0.2, 0.25) is 0 Å². The van der Waals surface area contributed by atoms with Crippen LogP contribution in [0.5, 0.6) is 5.75 Å². The van der Waals surface area contributed by atoms with Crippen molar-refractivity contribution in [2.45, 2.75) is 26.3 Å². The Balaban J connectivity index is 1.67. The molecule has 0 bridgehead atoms. The van der Waals surface area contributed by atoms with Gasteiger partial charge < -0.3 is 24.8 Å². The van der Waals surface area contributed by atoms with Gasteiger partial charge in [0.2, 0.25) is 0 Å². The molecule has 0 aliphatic carbocycles. The smallest absolute Gasteiger partial charge is 0.191 e. The Morgan fingerprint density at radius 1 is 0.929 bits per heavy atom. The maximum absolute atomic E-state index is 5.56. The van der Waals surface area contributed by atoms with E-state index in [0.29, 0.717) is 32.9 Å². The lowest BCUT2D eigenvalue weighted by Gasteiger charge is -2.13. The lowest BCUT2D eigenvalue weighted by molar-refractivity contribution is 0.0487. The van der Waals surface area contributed by atoms with Gasteiger partial charge in [-0.3, -0.25) is 4.99 Å². The van der Waals surface area contributed by atoms with Gasteiger partial charge in [-0.1, -0.05) is 31.5 Å². The number of rotatable bonds is 12. The maximum Gasteiger partial charge on any atom is 0.191 e. The van der Waals surface area contributed by atoms with Crippen LogP contribution in [0, 0.1) is 0 Å². The van der Waals surface area contributed by atoms with Crippen molar-refractivity contribution in [1.82, 2.24) is 10.6 Å². The lowest BCUT2D eigenvalue weighted by Crippen LogP contribution is -2.38.